The quantitative estimate of drug-likeness (QED) is 0.741. The average Bonchev–Trinajstić information content (AvgIpc) is 2.71. The molecule has 0 amide bonds. The van der Waals surface area contributed by atoms with E-state index < -0.39 is 0 Å². The summed E-state index contributed by atoms with van der Waals surface area (Å²) in [6.07, 6.45) is 6.34. The Labute approximate surface area is 77.2 Å². The Bertz CT molecular complexity index is 285. The van der Waals surface area contributed by atoms with Crippen LogP contribution in [0.3, 0.4) is 0 Å². The molecule has 0 aromatic carbocycles. The molecule has 4 heteroatoms. The van der Waals surface area contributed by atoms with Crippen LogP contribution in [0.2, 0.25) is 0 Å². The van der Waals surface area contributed by atoms with Crippen LogP contribution < -0.4 is 4.74 Å². The number of imidazole rings is 1. The molecule has 1 fully saturated rings. The highest BCUT2D eigenvalue weighted by molar-refractivity contribution is 5.05. The standard InChI is InChI=1S/C9H14N2O2/c1-13-9-5-11(6-10-9)7-3-2-4-8(7)12/h5-8,12H,2-4H2,1H3. The molecule has 1 aromatic rings. The first-order valence-corrected chi connectivity index (χ1v) is 4.57. The highest BCUT2D eigenvalue weighted by atomic mass is 16.5. The third-order valence-electron chi connectivity index (χ3n) is 2.61. The number of ether oxygens (including phenoxy) is 1. The maximum atomic E-state index is 9.63. The number of rotatable bonds is 2. The lowest BCUT2D eigenvalue weighted by Crippen LogP contribution is -2.16. The Morgan fingerprint density at radius 3 is 3.00 bits per heavy atom. The topological polar surface area (TPSA) is 47.3 Å². The Morgan fingerprint density at radius 1 is 1.62 bits per heavy atom. The second-order valence-corrected chi connectivity index (χ2v) is 3.43. The van der Waals surface area contributed by atoms with Gasteiger partial charge in [-0.2, -0.15) is 0 Å². The van der Waals surface area contributed by atoms with Crippen molar-refractivity contribution in [2.75, 3.05) is 7.11 Å². The number of methoxy groups -OCH3 is 1. The fraction of sp³-hybridized carbons (Fsp3) is 0.667. The van der Waals surface area contributed by atoms with Gasteiger partial charge in [0.1, 0.15) is 0 Å². The molecule has 0 radical (unpaired) electrons. The third-order valence-corrected chi connectivity index (χ3v) is 2.61. The van der Waals surface area contributed by atoms with Crippen molar-refractivity contribution < 1.29 is 9.84 Å². The lowest BCUT2D eigenvalue weighted by Gasteiger charge is -2.14. The van der Waals surface area contributed by atoms with Gasteiger partial charge >= 0.3 is 0 Å². The third kappa shape index (κ3) is 1.54. The predicted octanol–water partition coefficient (Wildman–Crippen LogP) is 0.978. The second kappa shape index (κ2) is 3.38. The van der Waals surface area contributed by atoms with E-state index in [1.54, 1.807) is 13.4 Å². The summed E-state index contributed by atoms with van der Waals surface area (Å²) in [5.41, 5.74) is 0. The van der Waals surface area contributed by atoms with Crippen LogP contribution in [0.1, 0.15) is 25.3 Å². The fourth-order valence-corrected chi connectivity index (χ4v) is 1.87. The molecule has 2 unspecified atom stereocenters. The lowest BCUT2D eigenvalue weighted by atomic mass is 10.2. The van der Waals surface area contributed by atoms with Gasteiger partial charge < -0.3 is 14.4 Å². The molecule has 2 atom stereocenters. The van der Waals surface area contributed by atoms with Gasteiger partial charge in [0.05, 0.1) is 31.8 Å². The van der Waals surface area contributed by atoms with Crippen LogP contribution in [0.5, 0.6) is 5.88 Å². The monoisotopic (exact) mass is 182 g/mol. The highest BCUT2D eigenvalue weighted by Gasteiger charge is 2.26. The van der Waals surface area contributed by atoms with Gasteiger partial charge in [0.2, 0.25) is 5.88 Å². The number of hydrogen-bond donors (Lipinski definition) is 1. The summed E-state index contributed by atoms with van der Waals surface area (Å²) in [4.78, 5) is 4.04. The minimum Gasteiger partial charge on any atom is -0.480 e. The molecule has 1 N–H and O–H groups in total. The van der Waals surface area contributed by atoms with Crippen LogP contribution in [-0.2, 0) is 0 Å². The molecule has 1 saturated carbocycles. The molecular formula is C9H14N2O2. The van der Waals surface area contributed by atoms with E-state index in [4.69, 9.17) is 4.74 Å². The van der Waals surface area contributed by atoms with Crippen LogP contribution >= 0.6 is 0 Å². The van der Waals surface area contributed by atoms with Crippen molar-refractivity contribution in [3.63, 3.8) is 0 Å². The molecule has 0 bridgehead atoms. The maximum Gasteiger partial charge on any atom is 0.231 e. The number of nitrogens with zero attached hydrogens (tertiary/aromatic N) is 2. The first kappa shape index (κ1) is 8.56. The van der Waals surface area contributed by atoms with Crippen LogP contribution in [0.25, 0.3) is 0 Å². The number of aliphatic hydroxyl groups is 1. The number of hydrogen-bond acceptors (Lipinski definition) is 3. The van der Waals surface area contributed by atoms with Gasteiger partial charge in [0.15, 0.2) is 0 Å². The first-order valence-electron chi connectivity index (χ1n) is 4.57. The molecule has 4 nitrogen and oxygen atoms in total. The summed E-state index contributed by atoms with van der Waals surface area (Å²) < 4.78 is 6.92. The van der Waals surface area contributed by atoms with E-state index in [0.29, 0.717) is 5.88 Å². The summed E-state index contributed by atoms with van der Waals surface area (Å²) in [7, 11) is 1.59. The lowest BCUT2D eigenvalue weighted by molar-refractivity contribution is 0.136. The van der Waals surface area contributed by atoms with Gasteiger partial charge in [-0.15, -0.1) is 0 Å². The van der Waals surface area contributed by atoms with E-state index in [-0.39, 0.29) is 12.1 Å². The van der Waals surface area contributed by atoms with Crippen LogP contribution in [0.15, 0.2) is 12.5 Å². The van der Waals surface area contributed by atoms with E-state index >= 15 is 0 Å². The van der Waals surface area contributed by atoms with Crippen molar-refractivity contribution in [1.82, 2.24) is 9.55 Å². The normalized spacial score (nSPS) is 27.8. The smallest absolute Gasteiger partial charge is 0.231 e. The Balaban J connectivity index is 2.15. The van der Waals surface area contributed by atoms with Crippen LogP contribution in [0, 0.1) is 0 Å². The zero-order chi connectivity index (χ0) is 9.26. The van der Waals surface area contributed by atoms with E-state index in [0.717, 1.165) is 19.3 Å². The molecule has 1 aliphatic rings. The van der Waals surface area contributed by atoms with Crippen molar-refractivity contribution in [2.24, 2.45) is 0 Å². The summed E-state index contributed by atoms with van der Waals surface area (Å²) in [5, 5.41) is 9.63. The van der Waals surface area contributed by atoms with E-state index in [2.05, 4.69) is 4.98 Å². The average molecular weight is 182 g/mol. The van der Waals surface area contributed by atoms with E-state index in [1.807, 2.05) is 10.8 Å². The molecular weight excluding hydrogens is 168 g/mol. The van der Waals surface area contributed by atoms with E-state index in [9.17, 15) is 5.11 Å². The molecule has 72 valence electrons. The van der Waals surface area contributed by atoms with Crippen molar-refractivity contribution in [3.8, 4) is 5.88 Å². The van der Waals surface area contributed by atoms with E-state index in [1.165, 1.54) is 0 Å². The van der Waals surface area contributed by atoms with Crippen molar-refractivity contribution in [3.05, 3.63) is 12.5 Å². The van der Waals surface area contributed by atoms with Crippen LogP contribution in [0.4, 0.5) is 0 Å². The summed E-state index contributed by atoms with van der Waals surface area (Å²) in [6, 6.07) is 0.191. The van der Waals surface area contributed by atoms with Crippen molar-refractivity contribution in [1.29, 1.82) is 0 Å². The molecule has 0 saturated heterocycles. The Hall–Kier alpha value is -1.03. The first-order chi connectivity index (χ1) is 6.31. The molecule has 1 aliphatic carbocycles. The molecule has 1 heterocycles. The summed E-state index contributed by atoms with van der Waals surface area (Å²) >= 11 is 0. The Morgan fingerprint density at radius 2 is 2.46 bits per heavy atom. The fourth-order valence-electron chi connectivity index (χ4n) is 1.87. The minimum atomic E-state index is -0.223. The van der Waals surface area contributed by atoms with Gasteiger partial charge in [-0.1, -0.05) is 0 Å². The molecule has 13 heavy (non-hydrogen) atoms. The Kier molecular flexibility index (Phi) is 2.22. The molecule has 0 spiro atoms. The largest absolute Gasteiger partial charge is 0.480 e. The number of aromatic nitrogens is 2. The van der Waals surface area contributed by atoms with Gasteiger partial charge in [0, 0.05) is 0 Å². The zero-order valence-electron chi connectivity index (χ0n) is 7.68. The highest BCUT2D eigenvalue weighted by Crippen LogP contribution is 2.30. The van der Waals surface area contributed by atoms with Crippen molar-refractivity contribution in [2.45, 2.75) is 31.4 Å². The van der Waals surface area contributed by atoms with Gasteiger partial charge in [-0.05, 0) is 19.3 Å². The second-order valence-electron chi connectivity index (χ2n) is 3.43. The molecule has 0 aliphatic heterocycles. The predicted molar refractivity (Wildman–Crippen MR) is 47.7 cm³/mol. The molecule has 2 rings (SSSR count). The van der Waals surface area contributed by atoms with Crippen LogP contribution in [-0.4, -0.2) is 27.9 Å². The summed E-state index contributed by atoms with van der Waals surface area (Å²) in [6.45, 7) is 0. The van der Waals surface area contributed by atoms with Gasteiger partial charge in [-0.25, -0.2) is 4.98 Å². The maximum absolute atomic E-state index is 9.63. The van der Waals surface area contributed by atoms with Gasteiger partial charge in [0.25, 0.3) is 0 Å². The number of aliphatic hydroxyl groups excluding tert-OH is 1. The minimum absolute atomic E-state index is 0.191. The zero-order valence-corrected chi connectivity index (χ0v) is 7.68. The summed E-state index contributed by atoms with van der Waals surface area (Å²) in [5.74, 6) is 0.610. The van der Waals surface area contributed by atoms with Gasteiger partial charge in [-0.3, -0.25) is 0 Å². The SMILES string of the molecule is COc1cn(C2CCCC2O)cn1. The molecule has 1 aromatic heterocycles. The van der Waals surface area contributed by atoms with Crippen molar-refractivity contribution >= 4 is 0 Å².